The van der Waals surface area contributed by atoms with Gasteiger partial charge in [-0.15, -0.1) is 0 Å². The number of carbonyl (C=O) groups is 3. The minimum Gasteiger partial charge on any atom is -0.478 e. The van der Waals surface area contributed by atoms with E-state index in [2.05, 4.69) is 4.98 Å². The van der Waals surface area contributed by atoms with Crippen LogP contribution in [0.15, 0.2) is 36.5 Å². The summed E-state index contributed by atoms with van der Waals surface area (Å²) in [5.41, 5.74) is -1.52. The van der Waals surface area contributed by atoms with E-state index in [-0.39, 0.29) is 41.9 Å². The van der Waals surface area contributed by atoms with Gasteiger partial charge in [-0.05, 0) is 50.1 Å². The molecule has 2 aromatic rings. The van der Waals surface area contributed by atoms with Crippen molar-refractivity contribution in [2.24, 2.45) is 0 Å². The van der Waals surface area contributed by atoms with Crippen LogP contribution >= 0.6 is 0 Å². The first-order chi connectivity index (χ1) is 16.7. The number of pyridine rings is 1. The number of rotatable bonds is 6. The number of hydrogen-bond donors (Lipinski definition) is 1. The molecule has 0 saturated carbocycles. The van der Waals surface area contributed by atoms with E-state index >= 15 is 0 Å². The Labute approximate surface area is 204 Å². The van der Waals surface area contributed by atoms with Crippen LogP contribution in [0.2, 0.25) is 0 Å². The number of benzene rings is 1. The molecule has 0 bridgehead atoms. The Morgan fingerprint density at radius 3 is 2.39 bits per heavy atom. The van der Waals surface area contributed by atoms with E-state index < -0.39 is 41.7 Å². The lowest BCUT2D eigenvalue weighted by molar-refractivity contribution is -0.137. The molecule has 0 aliphatic carbocycles. The third-order valence-corrected chi connectivity index (χ3v) is 5.43. The Morgan fingerprint density at radius 2 is 1.86 bits per heavy atom. The molecule has 8 nitrogen and oxygen atoms in total. The van der Waals surface area contributed by atoms with E-state index in [4.69, 9.17) is 4.74 Å². The molecule has 1 fully saturated rings. The molecule has 1 N–H and O–H groups in total. The van der Waals surface area contributed by atoms with Crippen LogP contribution in [0.5, 0.6) is 0 Å². The predicted molar refractivity (Wildman–Crippen MR) is 119 cm³/mol. The molecular formula is C24H25F4N3O5. The number of carbonyl (C=O) groups excluding carboxylic acids is 2. The van der Waals surface area contributed by atoms with Crippen molar-refractivity contribution in [1.82, 2.24) is 14.8 Å². The van der Waals surface area contributed by atoms with Crippen LogP contribution in [-0.4, -0.2) is 62.8 Å². The van der Waals surface area contributed by atoms with Gasteiger partial charge in [0, 0.05) is 12.6 Å². The quantitative estimate of drug-likeness (QED) is 0.445. The Kier molecular flexibility index (Phi) is 7.56. The number of halogens is 4. The van der Waals surface area contributed by atoms with Gasteiger partial charge in [0.15, 0.2) is 0 Å². The number of aromatic nitrogens is 1. The Hall–Kier alpha value is -3.70. The average Bonchev–Trinajstić information content (AvgIpc) is 3.17. The highest BCUT2D eigenvalue weighted by molar-refractivity contribution is 5.95. The Balaban J connectivity index is 1.91. The lowest BCUT2D eigenvalue weighted by atomic mass is 9.99. The van der Waals surface area contributed by atoms with Crippen molar-refractivity contribution < 1.29 is 41.8 Å². The lowest BCUT2D eigenvalue weighted by Gasteiger charge is -2.33. The standard InChI is InChI=1S/C24H25F4N3O5/c1-23(2,3)36-22(35)31-11-16(25)8-20(31)30(13-32)12-17-9-18(19(10-29-17)21(33)34)14-4-6-15(7-5-14)24(26,27)28/h4-7,9-10,13,16,20H,8,11-12H2,1-3H3,(H,33,34)/t16-,20+/m1/s1. The maximum absolute atomic E-state index is 14.2. The van der Waals surface area contributed by atoms with Gasteiger partial charge < -0.3 is 14.7 Å². The fourth-order valence-corrected chi connectivity index (χ4v) is 3.83. The van der Waals surface area contributed by atoms with E-state index in [1.807, 2.05) is 0 Å². The van der Waals surface area contributed by atoms with E-state index in [9.17, 15) is 37.1 Å². The van der Waals surface area contributed by atoms with Gasteiger partial charge in [-0.1, -0.05) is 12.1 Å². The maximum atomic E-state index is 14.2. The Morgan fingerprint density at radius 1 is 1.22 bits per heavy atom. The number of hydrogen-bond acceptors (Lipinski definition) is 5. The number of likely N-dealkylation sites (tertiary alicyclic amines) is 1. The molecule has 1 aliphatic heterocycles. The van der Waals surface area contributed by atoms with Crippen molar-refractivity contribution in [3.05, 3.63) is 53.3 Å². The van der Waals surface area contributed by atoms with E-state index in [1.54, 1.807) is 20.8 Å². The largest absolute Gasteiger partial charge is 0.478 e. The summed E-state index contributed by atoms with van der Waals surface area (Å²) in [5.74, 6) is -1.34. The molecule has 2 heterocycles. The monoisotopic (exact) mass is 511 g/mol. The number of aromatic carboxylic acids is 1. The van der Waals surface area contributed by atoms with E-state index in [0.29, 0.717) is 6.41 Å². The molecular weight excluding hydrogens is 486 g/mol. The number of ether oxygens (including phenoxy) is 1. The molecule has 2 atom stereocenters. The van der Waals surface area contributed by atoms with Crippen LogP contribution in [0.3, 0.4) is 0 Å². The second kappa shape index (κ2) is 10.1. The number of carboxylic acid groups (broad SMARTS) is 1. The molecule has 1 aromatic carbocycles. The minimum absolute atomic E-state index is 0.0888. The number of nitrogens with zero attached hydrogens (tertiary/aromatic N) is 3. The van der Waals surface area contributed by atoms with Crippen LogP contribution in [-0.2, 0) is 22.3 Å². The highest BCUT2D eigenvalue weighted by Gasteiger charge is 2.41. The number of amides is 2. The van der Waals surface area contributed by atoms with Crippen molar-refractivity contribution in [1.29, 1.82) is 0 Å². The minimum atomic E-state index is -4.56. The fraction of sp³-hybridized carbons (Fsp3) is 0.417. The third kappa shape index (κ3) is 6.29. The van der Waals surface area contributed by atoms with Crippen molar-refractivity contribution in [2.75, 3.05) is 6.54 Å². The molecule has 3 rings (SSSR count). The number of alkyl halides is 4. The first kappa shape index (κ1) is 26.9. The van der Waals surface area contributed by atoms with Gasteiger partial charge in [0.25, 0.3) is 0 Å². The summed E-state index contributed by atoms with van der Waals surface area (Å²) in [6.45, 7) is 4.46. The van der Waals surface area contributed by atoms with Gasteiger partial charge in [0.1, 0.15) is 17.9 Å². The zero-order chi connectivity index (χ0) is 26.8. The normalized spacial score (nSPS) is 18.1. The van der Waals surface area contributed by atoms with Crippen molar-refractivity contribution in [3.8, 4) is 11.1 Å². The SMILES string of the molecule is CC(C)(C)OC(=O)N1C[C@H](F)C[C@H]1N(C=O)Cc1cc(-c2ccc(C(F)(F)F)cc2)c(C(=O)O)cn1. The van der Waals surface area contributed by atoms with Crippen molar-refractivity contribution >= 4 is 18.5 Å². The molecule has 36 heavy (non-hydrogen) atoms. The molecule has 0 unspecified atom stereocenters. The highest BCUT2D eigenvalue weighted by Crippen LogP contribution is 2.32. The van der Waals surface area contributed by atoms with Crippen LogP contribution in [0.1, 0.15) is 48.8 Å². The molecule has 1 aromatic heterocycles. The maximum Gasteiger partial charge on any atom is 0.416 e. The first-order valence-corrected chi connectivity index (χ1v) is 10.9. The molecule has 1 saturated heterocycles. The van der Waals surface area contributed by atoms with Gasteiger partial charge in [0.2, 0.25) is 6.41 Å². The van der Waals surface area contributed by atoms with Crippen LogP contribution < -0.4 is 0 Å². The topological polar surface area (TPSA) is 100 Å². The molecule has 12 heteroatoms. The van der Waals surface area contributed by atoms with Gasteiger partial charge in [-0.25, -0.2) is 14.0 Å². The van der Waals surface area contributed by atoms with Crippen LogP contribution in [0.4, 0.5) is 22.4 Å². The zero-order valence-corrected chi connectivity index (χ0v) is 19.8. The molecule has 0 radical (unpaired) electrons. The summed E-state index contributed by atoms with van der Waals surface area (Å²) in [4.78, 5) is 42.5. The summed E-state index contributed by atoms with van der Waals surface area (Å²) < 4.78 is 58.3. The number of carboxylic acids is 1. The average molecular weight is 511 g/mol. The molecule has 194 valence electrons. The first-order valence-electron chi connectivity index (χ1n) is 10.9. The molecule has 1 aliphatic rings. The zero-order valence-electron chi connectivity index (χ0n) is 19.8. The van der Waals surface area contributed by atoms with Gasteiger partial charge in [-0.3, -0.25) is 14.7 Å². The molecule has 0 spiro atoms. The highest BCUT2D eigenvalue weighted by atomic mass is 19.4. The second-order valence-corrected chi connectivity index (χ2v) is 9.33. The van der Waals surface area contributed by atoms with Gasteiger partial charge in [-0.2, -0.15) is 13.2 Å². The summed E-state index contributed by atoms with van der Waals surface area (Å²) in [7, 11) is 0. The van der Waals surface area contributed by atoms with Crippen LogP contribution in [0, 0.1) is 0 Å². The molecule has 2 amide bonds. The smallest absolute Gasteiger partial charge is 0.416 e. The van der Waals surface area contributed by atoms with Crippen molar-refractivity contribution in [3.63, 3.8) is 0 Å². The van der Waals surface area contributed by atoms with Crippen molar-refractivity contribution in [2.45, 2.75) is 57.9 Å². The third-order valence-electron chi connectivity index (χ3n) is 5.43. The summed E-state index contributed by atoms with van der Waals surface area (Å²) in [6.07, 6.45) is -6.41. The lowest BCUT2D eigenvalue weighted by Crippen LogP contribution is -2.48. The summed E-state index contributed by atoms with van der Waals surface area (Å²) in [5, 5.41) is 9.53. The Bertz CT molecular complexity index is 1130. The predicted octanol–water partition coefficient (Wildman–Crippen LogP) is 4.73. The summed E-state index contributed by atoms with van der Waals surface area (Å²) >= 11 is 0. The van der Waals surface area contributed by atoms with E-state index in [0.717, 1.165) is 40.3 Å². The van der Waals surface area contributed by atoms with Crippen LogP contribution in [0.25, 0.3) is 11.1 Å². The van der Waals surface area contributed by atoms with E-state index in [1.165, 1.54) is 6.07 Å². The summed E-state index contributed by atoms with van der Waals surface area (Å²) in [6, 6.07) is 5.28. The van der Waals surface area contributed by atoms with Gasteiger partial charge >= 0.3 is 18.2 Å². The second-order valence-electron chi connectivity index (χ2n) is 9.33. The van der Waals surface area contributed by atoms with Gasteiger partial charge in [0.05, 0.1) is 29.9 Å². The fourth-order valence-electron chi connectivity index (χ4n) is 3.83.